The Labute approximate surface area is 119 Å². The van der Waals surface area contributed by atoms with Crippen LogP contribution in [-0.4, -0.2) is 23.3 Å². The van der Waals surface area contributed by atoms with Gasteiger partial charge in [-0.25, -0.2) is 4.98 Å². The largest absolute Gasteiger partial charge is 0.544 e. The maximum atomic E-state index is 11.9. The zero-order valence-corrected chi connectivity index (χ0v) is 11.8. The van der Waals surface area contributed by atoms with E-state index < -0.39 is 5.97 Å². The number of carboxylic acids is 1. The summed E-state index contributed by atoms with van der Waals surface area (Å²) in [6.07, 6.45) is 0. The number of aryl methyl sites for hydroxylation is 2. The third-order valence-corrected chi connectivity index (χ3v) is 3.76. The number of Topliss-reactive ketones (excluding diaryl/α,β-unsaturated/α-hetero) is 1. The van der Waals surface area contributed by atoms with Gasteiger partial charge >= 0.3 is 0 Å². The smallest absolute Gasteiger partial charge is 0.228 e. The number of carbonyl (C=O) groups is 2. The van der Waals surface area contributed by atoms with E-state index in [-0.39, 0.29) is 28.0 Å². The van der Waals surface area contributed by atoms with Crippen molar-refractivity contribution in [3.63, 3.8) is 0 Å². The predicted molar refractivity (Wildman–Crippen MR) is 72.2 cm³/mol. The van der Waals surface area contributed by atoms with Crippen LogP contribution in [0.25, 0.3) is 0 Å². The number of ether oxygens (including phenoxy) is 1. The van der Waals surface area contributed by atoms with Gasteiger partial charge in [-0.2, -0.15) is 0 Å². The van der Waals surface area contributed by atoms with E-state index in [1.54, 1.807) is 6.07 Å². The first kappa shape index (κ1) is 14.2. The Morgan fingerprint density at radius 2 is 2.10 bits per heavy atom. The van der Waals surface area contributed by atoms with Crippen molar-refractivity contribution in [3.05, 3.63) is 45.4 Å². The summed E-state index contributed by atoms with van der Waals surface area (Å²) >= 11 is 0.811. The number of hydrogen-bond donors (Lipinski definition) is 0. The normalized spacial score (nSPS) is 10.3. The molecule has 0 radical (unpaired) electrons. The van der Waals surface area contributed by atoms with Gasteiger partial charge in [0.25, 0.3) is 0 Å². The molecular formula is C14H12NO4S-. The zero-order valence-electron chi connectivity index (χ0n) is 11.0. The van der Waals surface area contributed by atoms with Gasteiger partial charge in [0.1, 0.15) is 5.75 Å². The molecule has 0 saturated heterocycles. The van der Waals surface area contributed by atoms with Crippen LogP contribution in [0.15, 0.2) is 24.3 Å². The van der Waals surface area contributed by atoms with Crippen molar-refractivity contribution in [1.82, 2.24) is 4.98 Å². The molecule has 0 aliphatic heterocycles. The van der Waals surface area contributed by atoms with E-state index >= 15 is 0 Å². The number of carbonyl (C=O) groups excluding carboxylic acids is 2. The van der Waals surface area contributed by atoms with Gasteiger partial charge in [-0.15, -0.1) is 11.3 Å². The van der Waals surface area contributed by atoms with Crippen LogP contribution in [0.3, 0.4) is 0 Å². The monoisotopic (exact) mass is 290 g/mol. The van der Waals surface area contributed by atoms with Crippen molar-refractivity contribution in [2.75, 3.05) is 6.61 Å². The lowest BCUT2D eigenvalue weighted by molar-refractivity contribution is -0.254. The van der Waals surface area contributed by atoms with E-state index in [1.807, 2.05) is 25.1 Å². The van der Waals surface area contributed by atoms with Gasteiger partial charge in [-0.1, -0.05) is 12.1 Å². The van der Waals surface area contributed by atoms with Gasteiger partial charge in [0.15, 0.2) is 11.6 Å². The molecule has 0 N–H and O–H groups in total. The number of thiazole rings is 1. The van der Waals surface area contributed by atoms with Crippen LogP contribution in [0.4, 0.5) is 0 Å². The highest BCUT2D eigenvalue weighted by Crippen LogP contribution is 2.18. The molecule has 0 saturated carbocycles. The maximum absolute atomic E-state index is 11.9. The molecule has 5 nitrogen and oxygen atoms in total. The predicted octanol–water partition coefficient (Wildman–Crippen LogP) is 1.39. The molecular weight excluding hydrogens is 278 g/mol. The van der Waals surface area contributed by atoms with Gasteiger partial charge in [0, 0.05) is 0 Å². The quantitative estimate of drug-likeness (QED) is 0.777. The summed E-state index contributed by atoms with van der Waals surface area (Å²) in [5.74, 6) is -1.09. The number of nitrogens with zero attached hydrogens (tertiary/aromatic N) is 1. The molecule has 1 heterocycles. The van der Waals surface area contributed by atoms with E-state index in [0.717, 1.165) is 16.9 Å². The molecule has 2 rings (SSSR count). The van der Waals surface area contributed by atoms with Crippen LogP contribution < -0.4 is 9.84 Å². The fourth-order valence-electron chi connectivity index (χ4n) is 1.62. The van der Waals surface area contributed by atoms with E-state index in [4.69, 9.17) is 4.74 Å². The molecule has 1 aromatic carbocycles. The molecule has 0 atom stereocenters. The molecule has 0 unspecified atom stereocenters. The van der Waals surface area contributed by atoms with Crippen LogP contribution in [-0.2, 0) is 0 Å². The van der Waals surface area contributed by atoms with Gasteiger partial charge in [-0.05, 0) is 31.5 Å². The first-order valence-corrected chi connectivity index (χ1v) is 6.70. The Hall–Kier alpha value is -2.21. The molecule has 0 fully saturated rings. The van der Waals surface area contributed by atoms with Gasteiger partial charge < -0.3 is 14.6 Å². The third-order valence-electron chi connectivity index (χ3n) is 2.58. The third kappa shape index (κ3) is 3.21. The van der Waals surface area contributed by atoms with Crippen molar-refractivity contribution in [2.45, 2.75) is 13.8 Å². The van der Waals surface area contributed by atoms with E-state index in [0.29, 0.717) is 5.75 Å². The lowest BCUT2D eigenvalue weighted by Crippen LogP contribution is -2.21. The van der Waals surface area contributed by atoms with E-state index in [1.165, 1.54) is 6.92 Å². The molecule has 0 aliphatic rings. The Kier molecular flexibility index (Phi) is 4.14. The second kappa shape index (κ2) is 5.83. The summed E-state index contributed by atoms with van der Waals surface area (Å²) in [4.78, 5) is 26.6. The van der Waals surface area contributed by atoms with Crippen LogP contribution in [0.5, 0.6) is 5.75 Å². The maximum Gasteiger partial charge on any atom is 0.228 e. The fourth-order valence-corrected chi connectivity index (χ4v) is 2.45. The molecule has 20 heavy (non-hydrogen) atoms. The Balaban J connectivity index is 2.05. The number of hydrogen-bond acceptors (Lipinski definition) is 6. The van der Waals surface area contributed by atoms with Gasteiger partial charge in [-0.3, -0.25) is 4.79 Å². The van der Waals surface area contributed by atoms with Crippen molar-refractivity contribution in [1.29, 1.82) is 0 Å². The standard InChI is InChI=1S/C14H13NO4S/c1-8-4-3-5-10(6-8)19-7-11(16)13-15-9(2)12(20-13)14(17)18/h3-6H,7H2,1-2H3,(H,17,18)/p-1. The SMILES string of the molecule is Cc1cccc(OCC(=O)c2nc(C)c(C(=O)[O-])s2)c1. The zero-order chi connectivity index (χ0) is 14.7. The summed E-state index contributed by atoms with van der Waals surface area (Å²) in [5.41, 5.74) is 1.31. The minimum Gasteiger partial charge on any atom is -0.544 e. The number of benzene rings is 1. The summed E-state index contributed by atoms with van der Waals surface area (Å²) in [6.45, 7) is 3.27. The molecule has 0 amide bonds. The van der Waals surface area contributed by atoms with Crippen LogP contribution in [0, 0.1) is 13.8 Å². The minimum absolute atomic E-state index is 0.0242. The Bertz CT molecular complexity index is 663. The highest BCUT2D eigenvalue weighted by molar-refractivity contribution is 7.15. The Morgan fingerprint density at radius 3 is 2.70 bits per heavy atom. The molecule has 0 spiro atoms. The van der Waals surface area contributed by atoms with Crippen LogP contribution in [0.1, 0.15) is 30.7 Å². The first-order valence-electron chi connectivity index (χ1n) is 5.89. The molecule has 104 valence electrons. The highest BCUT2D eigenvalue weighted by atomic mass is 32.1. The van der Waals surface area contributed by atoms with Crippen LogP contribution in [0.2, 0.25) is 0 Å². The van der Waals surface area contributed by atoms with Gasteiger partial charge in [0.2, 0.25) is 5.78 Å². The van der Waals surface area contributed by atoms with Crippen molar-refractivity contribution in [2.24, 2.45) is 0 Å². The molecule has 1 aromatic heterocycles. The number of ketones is 1. The summed E-state index contributed by atoms with van der Waals surface area (Å²) in [7, 11) is 0. The summed E-state index contributed by atoms with van der Waals surface area (Å²) in [6, 6.07) is 7.31. The lowest BCUT2D eigenvalue weighted by Gasteiger charge is -2.04. The van der Waals surface area contributed by atoms with Crippen molar-refractivity contribution in [3.8, 4) is 5.75 Å². The highest BCUT2D eigenvalue weighted by Gasteiger charge is 2.15. The van der Waals surface area contributed by atoms with Crippen molar-refractivity contribution < 1.29 is 19.4 Å². The molecule has 2 aromatic rings. The first-order chi connectivity index (χ1) is 9.47. The number of aromatic nitrogens is 1. The van der Waals surface area contributed by atoms with E-state index in [2.05, 4.69) is 4.98 Å². The summed E-state index contributed by atoms with van der Waals surface area (Å²) in [5, 5.41) is 10.9. The number of carboxylic acid groups (broad SMARTS) is 1. The van der Waals surface area contributed by atoms with Crippen molar-refractivity contribution >= 4 is 23.1 Å². The van der Waals surface area contributed by atoms with Crippen LogP contribution >= 0.6 is 11.3 Å². The second-order valence-electron chi connectivity index (χ2n) is 4.25. The number of rotatable bonds is 5. The molecule has 6 heteroatoms. The number of aromatic carboxylic acids is 1. The average Bonchev–Trinajstić information content (AvgIpc) is 2.78. The topological polar surface area (TPSA) is 79.3 Å². The lowest BCUT2D eigenvalue weighted by atomic mass is 10.2. The Morgan fingerprint density at radius 1 is 1.35 bits per heavy atom. The average molecular weight is 290 g/mol. The summed E-state index contributed by atoms with van der Waals surface area (Å²) < 4.78 is 5.37. The fraction of sp³-hybridized carbons (Fsp3) is 0.214. The second-order valence-corrected chi connectivity index (χ2v) is 5.25. The van der Waals surface area contributed by atoms with E-state index in [9.17, 15) is 14.7 Å². The molecule has 0 aliphatic carbocycles. The van der Waals surface area contributed by atoms with Gasteiger partial charge in [0.05, 0.1) is 16.5 Å². The molecule has 0 bridgehead atoms. The minimum atomic E-state index is -1.32.